The molecule has 7 nitrogen and oxygen atoms in total. The van der Waals surface area contributed by atoms with Crippen LogP contribution in [0.15, 0.2) is 18.2 Å². The smallest absolute Gasteiger partial charge is 0.280 e. The summed E-state index contributed by atoms with van der Waals surface area (Å²) < 4.78 is 0. The van der Waals surface area contributed by atoms with E-state index in [1.165, 1.54) is 12.1 Å². The summed E-state index contributed by atoms with van der Waals surface area (Å²) >= 11 is 0. The van der Waals surface area contributed by atoms with Crippen LogP contribution in [-0.4, -0.2) is 29.7 Å². The summed E-state index contributed by atoms with van der Waals surface area (Å²) in [6.45, 7) is 2.48. The van der Waals surface area contributed by atoms with Crippen molar-refractivity contribution >= 4 is 23.6 Å². The first-order chi connectivity index (χ1) is 9.93. The monoisotopic (exact) mass is 291 g/mol. The maximum absolute atomic E-state index is 11.4. The molecule has 1 aliphatic rings. The molecule has 0 bridgehead atoms. The number of nitro groups is 1. The third-order valence-electron chi connectivity index (χ3n) is 3.95. The fourth-order valence-corrected chi connectivity index (χ4v) is 2.68. The molecule has 1 aromatic rings. The largest absolute Gasteiger partial charge is 0.369 e. The highest BCUT2D eigenvalue weighted by Crippen LogP contribution is 2.30. The number of nitrogens with zero attached hydrogens (tertiary/aromatic N) is 2. The van der Waals surface area contributed by atoms with E-state index in [1.54, 1.807) is 6.07 Å². The number of nitrogens with two attached hydrogens (primary N) is 1. The Kier molecular flexibility index (Phi) is 4.21. The van der Waals surface area contributed by atoms with Crippen LogP contribution in [0.1, 0.15) is 30.1 Å². The molecule has 7 heteroatoms. The highest BCUT2D eigenvalue weighted by atomic mass is 16.6. The standard InChI is InChI=1S/C14H17N3O4/c1-9-2-3-10(14(15)19)7-16(9)12-4-5-13(17(20)21)11(6-12)8-18/h4-6,8-10H,2-3,7H2,1H3,(H2,15,19). The second-order valence-electron chi connectivity index (χ2n) is 5.30. The van der Waals surface area contributed by atoms with Crippen LogP contribution in [0, 0.1) is 16.0 Å². The maximum atomic E-state index is 11.4. The summed E-state index contributed by atoms with van der Waals surface area (Å²) in [7, 11) is 0. The summed E-state index contributed by atoms with van der Waals surface area (Å²) in [6, 6.07) is 4.59. The molecule has 21 heavy (non-hydrogen) atoms. The third kappa shape index (κ3) is 3.01. The Hall–Kier alpha value is -2.44. The first kappa shape index (κ1) is 15.0. The minimum Gasteiger partial charge on any atom is -0.369 e. The van der Waals surface area contributed by atoms with Crippen molar-refractivity contribution in [3.05, 3.63) is 33.9 Å². The van der Waals surface area contributed by atoms with Gasteiger partial charge < -0.3 is 10.6 Å². The number of hydrogen-bond acceptors (Lipinski definition) is 5. The summed E-state index contributed by atoms with van der Waals surface area (Å²) in [6.07, 6.45) is 2.02. The van der Waals surface area contributed by atoms with E-state index >= 15 is 0 Å². The third-order valence-corrected chi connectivity index (χ3v) is 3.95. The van der Waals surface area contributed by atoms with Gasteiger partial charge in [-0.3, -0.25) is 19.7 Å². The number of aldehydes is 1. The van der Waals surface area contributed by atoms with Gasteiger partial charge in [-0.05, 0) is 31.9 Å². The van der Waals surface area contributed by atoms with Crippen LogP contribution < -0.4 is 10.6 Å². The van der Waals surface area contributed by atoms with Crippen LogP contribution in [0.25, 0.3) is 0 Å². The second kappa shape index (κ2) is 5.90. The van der Waals surface area contributed by atoms with Crippen LogP contribution in [0.3, 0.4) is 0 Å². The van der Waals surface area contributed by atoms with Crippen molar-refractivity contribution in [2.24, 2.45) is 11.7 Å². The minimum absolute atomic E-state index is 0.0332. The normalized spacial score (nSPS) is 21.9. The van der Waals surface area contributed by atoms with Gasteiger partial charge in [0.1, 0.15) is 0 Å². The SMILES string of the molecule is CC1CCC(C(N)=O)CN1c1ccc([N+](=O)[O-])c(C=O)c1. The number of amides is 1. The number of hydrogen-bond donors (Lipinski definition) is 1. The molecule has 2 atom stereocenters. The van der Waals surface area contributed by atoms with Gasteiger partial charge in [0, 0.05) is 24.3 Å². The van der Waals surface area contributed by atoms with Crippen LogP contribution in [0.2, 0.25) is 0 Å². The number of piperidine rings is 1. The Balaban J connectivity index is 2.33. The lowest BCUT2D eigenvalue weighted by atomic mass is 9.92. The van der Waals surface area contributed by atoms with Gasteiger partial charge in [0.2, 0.25) is 5.91 Å². The van der Waals surface area contributed by atoms with E-state index in [1.807, 2.05) is 11.8 Å². The molecule has 1 fully saturated rings. The van der Waals surface area contributed by atoms with Crippen molar-refractivity contribution in [1.82, 2.24) is 0 Å². The van der Waals surface area contributed by atoms with E-state index < -0.39 is 4.92 Å². The molecule has 0 spiro atoms. The summed E-state index contributed by atoms with van der Waals surface area (Å²) in [4.78, 5) is 34.6. The van der Waals surface area contributed by atoms with Crippen LogP contribution in [0.5, 0.6) is 0 Å². The Labute approximate surface area is 121 Å². The highest BCUT2D eigenvalue weighted by Gasteiger charge is 2.29. The molecule has 1 saturated heterocycles. The first-order valence-corrected chi connectivity index (χ1v) is 6.73. The summed E-state index contributed by atoms with van der Waals surface area (Å²) in [5.74, 6) is -0.583. The Morgan fingerprint density at radius 1 is 1.48 bits per heavy atom. The topological polar surface area (TPSA) is 107 Å². The molecule has 0 radical (unpaired) electrons. The lowest BCUT2D eigenvalue weighted by molar-refractivity contribution is -0.385. The van der Waals surface area contributed by atoms with E-state index in [0.29, 0.717) is 18.5 Å². The lowest BCUT2D eigenvalue weighted by Crippen LogP contribution is -2.45. The zero-order valence-electron chi connectivity index (χ0n) is 11.7. The van der Waals surface area contributed by atoms with Gasteiger partial charge in [0.25, 0.3) is 5.69 Å². The van der Waals surface area contributed by atoms with E-state index in [2.05, 4.69) is 0 Å². The van der Waals surface area contributed by atoms with Crippen molar-refractivity contribution in [1.29, 1.82) is 0 Å². The molecule has 0 saturated carbocycles. The molecule has 0 aliphatic carbocycles. The fraction of sp³-hybridized carbons (Fsp3) is 0.429. The summed E-state index contributed by atoms with van der Waals surface area (Å²) in [5, 5.41) is 10.8. The molecule has 2 N–H and O–H groups in total. The molecule has 1 aromatic carbocycles. The van der Waals surface area contributed by atoms with Gasteiger partial charge in [0.15, 0.2) is 6.29 Å². The second-order valence-corrected chi connectivity index (χ2v) is 5.30. The van der Waals surface area contributed by atoms with E-state index in [9.17, 15) is 19.7 Å². The van der Waals surface area contributed by atoms with E-state index in [-0.39, 0.29) is 29.1 Å². The number of benzene rings is 1. The van der Waals surface area contributed by atoms with Gasteiger partial charge >= 0.3 is 0 Å². The van der Waals surface area contributed by atoms with E-state index in [4.69, 9.17) is 5.73 Å². The van der Waals surface area contributed by atoms with E-state index in [0.717, 1.165) is 12.8 Å². The Morgan fingerprint density at radius 2 is 2.19 bits per heavy atom. The molecule has 2 rings (SSSR count). The van der Waals surface area contributed by atoms with Crippen LogP contribution in [0.4, 0.5) is 11.4 Å². The number of rotatable bonds is 4. The average Bonchev–Trinajstić information content (AvgIpc) is 2.46. The van der Waals surface area contributed by atoms with Gasteiger partial charge in [-0.15, -0.1) is 0 Å². The van der Waals surface area contributed by atoms with Crippen molar-refractivity contribution < 1.29 is 14.5 Å². The molecule has 1 amide bonds. The highest BCUT2D eigenvalue weighted by molar-refractivity contribution is 5.84. The molecule has 1 aliphatic heterocycles. The lowest BCUT2D eigenvalue weighted by Gasteiger charge is -2.38. The number of primary amides is 1. The Bertz CT molecular complexity index is 588. The molecular weight excluding hydrogens is 274 g/mol. The van der Waals surface area contributed by atoms with Crippen molar-refractivity contribution in [3.63, 3.8) is 0 Å². The van der Waals surface area contributed by atoms with Gasteiger partial charge in [0.05, 0.1) is 16.4 Å². The molecular formula is C14H17N3O4. The molecule has 112 valence electrons. The zero-order valence-corrected chi connectivity index (χ0v) is 11.7. The van der Waals surface area contributed by atoms with Gasteiger partial charge in [-0.1, -0.05) is 0 Å². The maximum Gasteiger partial charge on any atom is 0.280 e. The Morgan fingerprint density at radius 3 is 2.76 bits per heavy atom. The zero-order chi connectivity index (χ0) is 15.6. The van der Waals surface area contributed by atoms with Gasteiger partial charge in [-0.2, -0.15) is 0 Å². The van der Waals surface area contributed by atoms with Crippen molar-refractivity contribution in [2.45, 2.75) is 25.8 Å². The molecule has 2 unspecified atom stereocenters. The van der Waals surface area contributed by atoms with Crippen molar-refractivity contribution in [2.75, 3.05) is 11.4 Å². The number of carbonyl (C=O) groups is 2. The quantitative estimate of drug-likeness (QED) is 0.514. The fourth-order valence-electron chi connectivity index (χ4n) is 2.68. The first-order valence-electron chi connectivity index (χ1n) is 6.73. The number of carbonyl (C=O) groups excluding carboxylic acids is 2. The molecule has 0 aromatic heterocycles. The van der Waals surface area contributed by atoms with Crippen LogP contribution >= 0.6 is 0 Å². The average molecular weight is 291 g/mol. The predicted molar refractivity (Wildman–Crippen MR) is 77.2 cm³/mol. The number of nitro benzene ring substituents is 1. The predicted octanol–water partition coefficient (Wildman–Crippen LogP) is 1.50. The van der Waals surface area contributed by atoms with Crippen LogP contribution in [-0.2, 0) is 4.79 Å². The van der Waals surface area contributed by atoms with Gasteiger partial charge in [-0.25, -0.2) is 0 Å². The van der Waals surface area contributed by atoms with Crippen molar-refractivity contribution in [3.8, 4) is 0 Å². The number of anilines is 1. The minimum atomic E-state index is -0.584. The molecule has 1 heterocycles. The summed E-state index contributed by atoms with van der Waals surface area (Å²) in [5.41, 5.74) is 5.87.